The highest BCUT2D eigenvalue weighted by Gasteiger charge is 2.43. The van der Waals surface area contributed by atoms with Crippen LogP contribution in [0.5, 0.6) is 0 Å². The van der Waals surface area contributed by atoms with E-state index in [0.29, 0.717) is 0 Å². The van der Waals surface area contributed by atoms with Gasteiger partial charge < -0.3 is 10.5 Å². The molecule has 2 unspecified atom stereocenters. The monoisotopic (exact) mass is 229 g/mol. The summed E-state index contributed by atoms with van der Waals surface area (Å²) in [4.78, 5) is 11.0. The SMILES string of the molecule is COC(=O)C1CC(F)(F)CCC1N.Cl. The third-order valence-electron chi connectivity index (χ3n) is 2.38. The van der Waals surface area contributed by atoms with E-state index in [1.807, 2.05) is 0 Å². The molecule has 2 N–H and O–H groups in total. The number of ether oxygens (including phenoxy) is 1. The molecule has 2 atom stereocenters. The van der Waals surface area contributed by atoms with Crippen molar-refractivity contribution in [2.75, 3.05) is 7.11 Å². The number of alkyl halides is 2. The summed E-state index contributed by atoms with van der Waals surface area (Å²) in [7, 11) is 1.18. The van der Waals surface area contributed by atoms with Crippen LogP contribution in [0, 0.1) is 5.92 Å². The molecule has 84 valence electrons. The highest BCUT2D eigenvalue weighted by atomic mass is 35.5. The van der Waals surface area contributed by atoms with Crippen LogP contribution in [0.25, 0.3) is 0 Å². The predicted octanol–water partition coefficient (Wildman–Crippen LogP) is 1.34. The van der Waals surface area contributed by atoms with E-state index in [9.17, 15) is 13.6 Å². The maximum atomic E-state index is 12.9. The number of carbonyl (C=O) groups is 1. The van der Waals surface area contributed by atoms with Gasteiger partial charge in [-0.2, -0.15) is 0 Å². The van der Waals surface area contributed by atoms with Gasteiger partial charge in [-0.25, -0.2) is 8.78 Å². The fourth-order valence-electron chi connectivity index (χ4n) is 1.56. The van der Waals surface area contributed by atoms with Gasteiger partial charge in [-0.1, -0.05) is 0 Å². The molecule has 0 aromatic carbocycles. The Kier molecular flexibility index (Phi) is 4.74. The third-order valence-corrected chi connectivity index (χ3v) is 2.38. The van der Waals surface area contributed by atoms with E-state index >= 15 is 0 Å². The van der Waals surface area contributed by atoms with Crippen LogP contribution in [0.3, 0.4) is 0 Å². The number of carbonyl (C=O) groups excluding carboxylic acids is 1. The summed E-state index contributed by atoms with van der Waals surface area (Å²) in [5.74, 6) is -4.25. The lowest BCUT2D eigenvalue weighted by Crippen LogP contribution is -2.45. The minimum absolute atomic E-state index is 0. The lowest BCUT2D eigenvalue weighted by molar-refractivity contribution is -0.153. The second kappa shape index (κ2) is 4.89. The molecule has 1 aliphatic carbocycles. The first-order valence-corrected chi connectivity index (χ1v) is 4.17. The van der Waals surface area contributed by atoms with Gasteiger partial charge in [0.05, 0.1) is 13.0 Å². The van der Waals surface area contributed by atoms with Crippen molar-refractivity contribution in [3.63, 3.8) is 0 Å². The van der Waals surface area contributed by atoms with Gasteiger partial charge in [-0.05, 0) is 6.42 Å². The van der Waals surface area contributed by atoms with Gasteiger partial charge in [0.2, 0.25) is 5.92 Å². The third kappa shape index (κ3) is 3.06. The van der Waals surface area contributed by atoms with E-state index in [0.717, 1.165) is 0 Å². The average Bonchev–Trinajstić information content (AvgIpc) is 2.08. The van der Waals surface area contributed by atoms with Crippen molar-refractivity contribution in [3.8, 4) is 0 Å². The van der Waals surface area contributed by atoms with Crippen LogP contribution in [-0.2, 0) is 9.53 Å². The Morgan fingerprint density at radius 2 is 2.14 bits per heavy atom. The molecule has 0 amide bonds. The number of nitrogens with two attached hydrogens (primary N) is 1. The number of hydrogen-bond acceptors (Lipinski definition) is 3. The molecule has 6 heteroatoms. The van der Waals surface area contributed by atoms with Gasteiger partial charge in [0, 0.05) is 18.9 Å². The number of esters is 1. The van der Waals surface area contributed by atoms with Gasteiger partial charge in [0.15, 0.2) is 0 Å². The molecule has 0 bridgehead atoms. The van der Waals surface area contributed by atoms with Crippen LogP contribution in [0.15, 0.2) is 0 Å². The van der Waals surface area contributed by atoms with Crippen LogP contribution in [0.4, 0.5) is 8.78 Å². The van der Waals surface area contributed by atoms with Crippen molar-refractivity contribution < 1.29 is 18.3 Å². The summed E-state index contributed by atoms with van der Waals surface area (Å²) < 4.78 is 30.1. The van der Waals surface area contributed by atoms with Gasteiger partial charge in [-0.3, -0.25) is 4.79 Å². The van der Waals surface area contributed by atoms with Crippen LogP contribution in [0.1, 0.15) is 19.3 Å². The van der Waals surface area contributed by atoms with Crippen molar-refractivity contribution in [2.24, 2.45) is 11.7 Å². The first-order chi connectivity index (χ1) is 5.96. The summed E-state index contributed by atoms with van der Waals surface area (Å²) >= 11 is 0. The minimum Gasteiger partial charge on any atom is -0.469 e. The second-order valence-corrected chi connectivity index (χ2v) is 3.39. The van der Waals surface area contributed by atoms with Crippen LogP contribution < -0.4 is 5.73 Å². The molecule has 0 heterocycles. The fourth-order valence-corrected chi connectivity index (χ4v) is 1.56. The van der Waals surface area contributed by atoms with Gasteiger partial charge in [0.1, 0.15) is 0 Å². The van der Waals surface area contributed by atoms with Crippen molar-refractivity contribution in [3.05, 3.63) is 0 Å². The topological polar surface area (TPSA) is 52.3 Å². The first-order valence-electron chi connectivity index (χ1n) is 4.17. The maximum absolute atomic E-state index is 12.9. The Morgan fingerprint density at radius 3 is 2.64 bits per heavy atom. The lowest BCUT2D eigenvalue weighted by atomic mass is 9.83. The average molecular weight is 230 g/mol. The molecular formula is C8H14ClF2NO2. The number of methoxy groups -OCH3 is 1. The fraction of sp³-hybridized carbons (Fsp3) is 0.875. The van der Waals surface area contributed by atoms with Crippen LogP contribution >= 0.6 is 12.4 Å². The van der Waals surface area contributed by atoms with Gasteiger partial charge in [0.25, 0.3) is 0 Å². The molecule has 0 aliphatic heterocycles. The normalized spacial score (nSPS) is 30.3. The molecule has 0 aromatic heterocycles. The Hall–Kier alpha value is -0.420. The zero-order valence-corrected chi connectivity index (χ0v) is 8.65. The number of rotatable bonds is 1. The molecular weight excluding hydrogens is 216 g/mol. The Balaban J connectivity index is 0.00000169. The smallest absolute Gasteiger partial charge is 0.310 e. The van der Waals surface area contributed by atoms with Crippen molar-refractivity contribution in [1.82, 2.24) is 0 Å². The maximum Gasteiger partial charge on any atom is 0.310 e. The predicted molar refractivity (Wildman–Crippen MR) is 49.5 cm³/mol. The summed E-state index contributed by atoms with van der Waals surface area (Å²) in [6.07, 6.45) is -0.546. The van der Waals surface area contributed by atoms with E-state index in [-0.39, 0.29) is 25.2 Å². The minimum atomic E-state index is -2.77. The molecule has 0 saturated heterocycles. The number of hydrogen-bond donors (Lipinski definition) is 1. The summed E-state index contributed by atoms with van der Waals surface area (Å²) in [6.45, 7) is 0. The largest absolute Gasteiger partial charge is 0.469 e. The Bertz CT molecular complexity index is 214. The highest BCUT2D eigenvalue weighted by molar-refractivity contribution is 5.85. The molecule has 0 aromatic rings. The molecule has 1 aliphatic rings. The van der Waals surface area contributed by atoms with E-state index in [4.69, 9.17) is 5.73 Å². The molecule has 1 saturated carbocycles. The van der Waals surface area contributed by atoms with Crippen LogP contribution in [0.2, 0.25) is 0 Å². The van der Waals surface area contributed by atoms with E-state index < -0.39 is 30.3 Å². The molecule has 14 heavy (non-hydrogen) atoms. The Morgan fingerprint density at radius 1 is 1.57 bits per heavy atom. The molecule has 0 radical (unpaired) electrons. The quantitative estimate of drug-likeness (QED) is 0.691. The van der Waals surface area contributed by atoms with E-state index in [1.165, 1.54) is 7.11 Å². The highest BCUT2D eigenvalue weighted by Crippen LogP contribution is 2.36. The molecule has 1 fully saturated rings. The first kappa shape index (κ1) is 13.6. The number of halogens is 3. The van der Waals surface area contributed by atoms with Crippen molar-refractivity contribution in [2.45, 2.75) is 31.2 Å². The molecule has 3 nitrogen and oxygen atoms in total. The van der Waals surface area contributed by atoms with E-state index in [2.05, 4.69) is 4.74 Å². The van der Waals surface area contributed by atoms with Crippen molar-refractivity contribution >= 4 is 18.4 Å². The molecule has 0 spiro atoms. The Labute approximate surface area is 87.4 Å². The summed E-state index contributed by atoms with van der Waals surface area (Å²) in [5.41, 5.74) is 5.54. The lowest BCUT2D eigenvalue weighted by Gasteiger charge is -2.31. The zero-order valence-electron chi connectivity index (χ0n) is 7.83. The van der Waals surface area contributed by atoms with Crippen molar-refractivity contribution in [1.29, 1.82) is 0 Å². The zero-order chi connectivity index (χ0) is 10.1. The van der Waals surface area contributed by atoms with Gasteiger partial charge >= 0.3 is 5.97 Å². The second-order valence-electron chi connectivity index (χ2n) is 3.39. The molecule has 1 rings (SSSR count). The van der Waals surface area contributed by atoms with E-state index in [1.54, 1.807) is 0 Å². The van der Waals surface area contributed by atoms with Gasteiger partial charge in [-0.15, -0.1) is 12.4 Å². The van der Waals surface area contributed by atoms with Crippen LogP contribution in [-0.4, -0.2) is 25.0 Å². The standard InChI is InChI=1S/C8H13F2NO2.ClH/c1-13-7(12)5-4-8(9,10)3-2-6(5)11;/h5-6H,2-4,11H2,1H3;1H. The summed E-state index contributed by atoms with van der Waals surface area (Å²) in [5, 5.41) is 0. The summed E-state index contributed by atoms with van der Waals surface area (Å²) in [6, 6.07) is -0.493.